The van der Waals surface area contributed by atoms with Gasteiger partial charge in [0.15, 0.2) is 0 Å². The molecule has 1 atom stereocenters. The minimum absolute atomic E-state index is 0.0648. The molecular formula is C11H16N2O4. The summed E-state index contributed by atoms with van der Waals surface area (Å²) in [6, 6.07) is 6.16. The molecule has 0 fully saturated rings. The number of aliphatic hydroxyl groups excluding tert-OH is 1. The van der Waals surface area contributed by atoms with Gasteiger partial charge in [-0.05, 0) is 18.6 Å². The third-order valence-electron chi connectivity index (χ3n) is 2.24. The number of nitrogens with one attached hydrogen (secondary N) is 1. The first kappa shape index (κ1) is 13.4. The highest BCUT2D eigenvalue weighted by Crippen LogP contribution is 2.15. The van der Waals surface area contributed by atoms with Gasteiger partial charge < -0.3 is 15.2 Å². The number of hydrogen-bond acceptors (Lipinski definition) is 5. The van der Waals surface area contributed by atoms with Crippen LogP contribution in [0, 0.1) is 10.1 Å². The van der Waals surface area contributed by atoms with Crippen molar-refractivity contribution in [3.05, 3.63) is 34.4 Å². The molecule has 0 aliphatic rings. The van der Waals surface area contributed by atoms with E-state index in [-0.39, 0.29) is 5.69 Å². The van der Waals surface area contributed by atoms with Gasteiger partial charge in [0.1, 0.15) is 0 Å². The summed E-state index contributed by atoms with van der Waals surface area (Å²) >= 11 is 0. The Morgan fingerprint density at radius 3 is 2.65 bits per heavy atom. The van der Waals surface area contributed by atoms with Crippen LogP contribution in [0.5, 0.6) is 0 Å². The molecule has 0 heterocycles. The van der Waals surface area contributed by atoms with Crippen molar-refractivity contribution in [2.45, 2.75) is 12.5 Å². The number of methoxy groups -OCH3 is 1. The number of nitro benzene ring substituents is 1. The highest BCUT2D eigenvalue weighted by atomic mass is 16.6. The van der Waals surface area contributed by atoms with E-state index in [2.05, 4.69) is 5.32 Å². The summed E-state index contributed by atoms with van der Waals surface area (Å²) in [6.45, 7) is 0.893. The Kier molecular flexibility index (Phi) is 5.38. The van der Waals surface area contributed by atoms with Gasteiger partial charge in [-0.15, -0.1) is 0 Å². The van der Waals surface area contributed by atoms with Crippen molar-refractivity contribution in [2.24, 2.45) is 0 Å². The van der Waals surface area contributed by atoms with E-state index in [1.165, 1.54) is 19.2 Å². The van der Waals surface area contributed by atoms with Gasteiger partial charge in [-0.3, -0.25) is 10.1 Å². The van der Waals surface area contributed by atoms with Crippen molar-refractivity contribution in [3.8, 4) is 0 Å². The van der Waals surface area contributed by atoms with Gasteiger partial charge in [-0.2, -0.15) is 0 Å². The van der Waals surface area contributed by atoms with Crippen molar-refractivity contribution >= 4 is 11.4 Å². The first-order valence-electron chi connectivity index (χ1n) is 5.29. The van der Waals surface area contributed by atoms with Gasteiger partial charge in [0, 0.05) is 31.5 Å². The van der Waals surface area contributed by atoms with Crippen molar-refractivity contribution in [2.75, 3.05) is 25.6 Å². The predicted molar refractivity (Wildman–Crippen MR) is 64.1 cm³/mol. The smallest absolute Gasteiger partial charge is 0.269 e. The molecule has 0 radical (unpaired) electrons. The normalized spacial score (nSPS) is 12.1. The first-order valence-corrected chi connectivity index (χ1v) is 5.29. The lowest BCUT2D eigenvalue weighted by Gasteiger charge is -2.10. The largest absolute Gasteiger partial charge is 0.391 e. The number of anilines is 1. The lowest BCUT2D eigenvalue weighted by Crippen LogP contribution is -2.18. The first-order chi connectivity index (χ1) is 8.13. The van der Waals surface area contributed by atoms with Crippen LogP contribution in [-0.4, -0.2) is 36.4 Å². The maximum atomic E-state index is 10.4. The van der Waals surface area contributed by atoms with E-state index in [0.717, 1.165) is 5.69 Å². The van der Waals surface area contributed by atoms with E-state index >= 15 is 0 Å². The van der Waals surface area contributed by atoms with Crippen LogP contribution in [0.1, 0.15) is 6.42 Å². The Morgan fingerprint density at radius 1 is 1.47 bits per heavy atom. The fourth-order valence-electron chi connectivity index (χ4n) is 1.36. The van der Waals surface area contributed by atoms with Gasteiger partial charge >= 0.3 is 0 Å². The molecule has 0 aliphatic heterocycles. The Bertz CT molecular complexity index is 353. The van der Waals surface area contributed by atoms with E-state index in [0.29, 0.717) is 19.6 Å². The number of nitro groups is 1. The van der Waals surface area contributed by atoms with Crippen molar-refractivity contribution in [3.63, 3.8) is 0 Å². The molecule has 0 aliphatic carbocycles. The van der Waals surface area contributed by atoms with Gasteiger partial charge in [-0.25, -0.2) is 0 Å². The third-order valence-corrected chi connectivity index (χ3v) is 2.24. The summed E-state index contributed by atoms with van der Waals surface area (Å²) in [5.74, 6) is 0. The van der Waals surface area contributed by atoms with E-state index < -0.39 is 11.0 Å². The van der Waals surface area contributed by atoms with Crippen molar-refractivity contribution < 1.29 is 14.8 Å². The monoisotopic (exact) mass is 240 g/mol. The van der Waals surface area contributed by atoms with Crippen LogP contribution < -0.4 is 5.32 Å². The molecule has 2 N–H and O–H groups in total. The summed E-state index contributed by atoms with van der Waals surface area (Å²) in [6.07, 6.45) is 0.0655. The van der Waals surface area contributed by atoms with Crippen LogP contribution in [-0.2, 0) is 4.74 Å². The fraction of sp³-hybridized carbons (Fsp3) is 0.455. The van der Waals surface area contributed by atoms with Crippen LogP contribution in [0.2, 0.25) is 0 Å². The second kappa shape index (κ2) is 6.82. The molecule has 94 valence electrons. The maximum absolute atomic E-state index is 10.4. The zero-order valence-electron chi connectivity index (χ0n) is 9.63. The molecular weight excluding hydrogens is 224 g/mol. The molecule has 0 amide bonds. The second-order valence-electron chi connectivity index (χ2n) is 3.63. The average Bonchev–Trinajstić information content (AvgIpc) is 2.30. The Labute approximate surface area is 99.4 Å². The summed E-state index contributed by atoms with van der Waals surface area (Å²) in [5, 5.41) is 22.9. The Hall–Kier alpha value is -1.66. The number of aliphatic hydroxyl groups is 1. The quantitative estimate of drug-likeness (QED) is 0.556. The van der Waals surface area contributed by atoms with Crippen molar-refractivity contribution in [1.82, 2.24) is 0 Å². The molecule has 1 aromatic rings. The van der Waals surface area contributed by atoms with E-state index in [1.807, 2.05) is 0 Å². The molecule has 0 aromatic heterocycles. The van der Waals surface area contributed by atoms with E-state index in [4.69, 9.17) is 4.74 Å². The van der Waals surface area contributed by atoms with Crippen LogP contribution in [0.3, 0.4) is 0 Å². The van der Waals surface area contributed by atoms with Crippen LogP contribution >= 0.6 is 0 Å². The topological polar surface area (TPSA) is 84.6 Å². The Balaban J connectivity index is 2.34. The zero-order chi connectivity index (χ0) is 12.7. The maximum Gasteiger partial charge on any atom is 0.269 e. The van der Waals surface area contributed by atoms with Gasteiger partial charge in [0.2, 0.25) is 0 Å². The lowest BCUT2D eigenvalue weighted by atomic mass is 10.2. The average molecular weight is 240 g/mol. The molecule has 0 saturated heterocycles. The number of nitrogens with zero attached hydrogens (tertiary/aromatic N) is 1. The third kappa shape index (κ3) is 4.80. The second-order valence-corrected chi connectivity index (χ2v) is 3.63. The van der Waals surface area contributed by atoms with Gasteiger partial charge in [0.25, 0.3) is 5.69 Å². The molecule has 0 spiro atoms. The molecule has 0 saturated carbocycles. The molecule has 1 aromatic carbocycles. The minimum atomic E-state index is -0.495. The van der Waals surface area contributed by atoms with Gasteiger partial charge in [-0.1, -0.05) is 0 Å². The van der Waals surface area contributed by atoms with Crippen LogP contribution in [0.4, 0.5) is 11.4 Å². The summed E-state index contributed by atoms with van der Waals surface area (Å²) in [5.41, 5.74) is 0.857. The zero-order valence-corrected chi connectivity index (χ0v) is 9.63. The standard InChI is InChI=1S/C11H16N2O4/c1-17-8-11(14)6-7-12-9-2-4-10(5-3-9)13(15)16/h2-5,11-12,14H,6-8H2,1H3. The number of hydrogen-bond donors (Lipinski definition) is 2. The number of benzene rings is 1. The van der Waals surface area contributed by atoms with Crippen LogP contribution in [0.25, 0.3) is 0 Å². The number of ether oxygens (including phenoxy) is 1. The number of rotatable bonds is 7. The summed E-state index contributed by atoms with van der Waals surface area (Å²) < 4.78 is 4.80. The highest BCUT2D eigenvalue weighted by Gasteiger charge is 2.05. The predicted octanol–water partition coefficient (Wildman–Crippen LogP) is 1.40. The summed E-state index contributed by atoms with van der Waals surface area (Å²) in [4.78, 5) is 9.99. The lowest BCUT2D eigenvalue weighted by molar-refractivity contribution is -0.384. The molecule has 0 bridgehead atoms. The van der Waals surface area contributed by atoms with Crippen LogP contribution in [0.15, 0.2) is 24.3 Å². The molecule has 6 nitrogen and oxygen atoms in total. The molecule has 6 heteroatoms. The SMILES string of the molecule is COCC(O)CCNc1ccc([N+](=O)[O-])cc1. The highest BCUT2D eigenvalue weighted by molar-refractivity contribution is 5.48. The van der Waals surface area contributed by atoms with Gasteiger partial charge in [0.05, 0.1) is 17.6 Å². The van der Waals surface area contributed by atoms with E-state index in [1.54, 1.807) is 12.1 Å². The Morgan fingerprint density at radius 2 is 2.12 bits per heavy atom. The molecule has 1 rings (SSSR count). The molecule has 17 heavy (non-hydrogen) atoms. The van der Waals surface area contributed by atoms with E-state index in [9.17, 15) is 15.2 Å². The number of non-ortho nitro benzene ring substituents is 1. The summed E-state index contributed by atoms with van der Waals surface area (Å²) in [7, 11) is 1.53. The van der Waals surface area contributed by atoms with Crippen molar-refractivity contribution in [1.29, 1.82) is 0 Å². The molecule has 1 unspecified atom stereocenters. The fourth-order valence-corrected chi connectivity index (χ4v) is 1.36. The minimum Gasteiger partial charge on any atom is -0.391 e.